The predicted octanol–water partition coefficient (Wildman–Crippen LogP) is 5.16. The highest BCUT2D eigenvalue weighted by molar-refractivity contribution is 7.99. The molecule has 0 bridgehead atoms. The van der Waals surface area contributed by atoms with E-state index < -0.39 is 5.76 Å². The van der Waals surface area contributed by atoms with E-state index in [4.69, 9.17) is 21.7 Å². The smallest absolute Gasteiger partial charge is 0.288 e. The normalized spacial score (nSPS) is 10.6. The van der Waals surface area contributed by atoms with Crippen LogP contribution in [0.3, 0.4) is 0 Å². The molecule has 0 aliphatic rings. The number of nitrogens with zero attached hydrogens (tertiary/aromatic N) is 1. The van der Waals surface area contributed by atoms with Gasteiger partial charge in [-0.25, -0.2) is 0 Å². The minimum absolute atomic E-state index is 0.510. The van der Waals surface area contributed by atoms with Gasteiger partial charge in [0.2, 0.25) is 0 Å². The summed E-state index contributed by atoms with van der Waals surface area (Å²) in [6.45, 7) is 2.58. The predicted molar refractivity (Wildman–Crippen MR) is 110 cm³/mol. The third kappa shape index (κ3) is 5.97. The van der Waals surface area contributed by atoms with Gasteiger partial charge in [-0.05, 0) is 66.7 Å². The van der Waals surface area contributed by atoms with Crippen LogP contribution in [0.4, 0.5) is 14.5 Å². The van der Waals surface area contributed by atoms with Gasteiger partial charge in [0.25, 0.3) is 5.76 Å². The Kier molecular flexibility index (Phi) is 7.67. The fourth-order valence-electron chi connectivity index (χ4n) is 2.46. The van der Waals surface area contributed by atoms with Crippen molar-refractivity contribution in [3.05, 3.63) is 47.5 Å². The molecule has 0 heterocycles. The fraction of sp³-hybridized carbons (Fsp3) is 0.316. The van der Waals surface area contributed by atoms with Crippen LogP contribution in [0.2, 0.25) is 0 Å². The number of thioether (sulfide) groups is 1. The van der Waals surface area contributed by atoms with Crippen LogP contribution in [0.25, 0.3) is 0 Å². The Morgan fingerprint density at radius 3 is 2.30 bits per heavy atom. The summed E-state index contributed by atoms with van der Waals surface area (Å²) in [6, 6.07) is 10.6. The topological polar surface area (TPSA) is 33.7 Å². The zero-order valence-electron chi connectivity index (χ0n) is 15.6. The molecule has 0 atom stereocenters. The van der Waals surface area contributed by atoms with Crippen LogP contribution in [0.1, 0.15) is 11.1 Å². The molecule has 27 heavy (non-hydrogen) atoms. The van der Waals surface area contributed by atoms with E-state index in [1.165, 1.54) is 0 Å². The van der Waals surface area contributed by atoms with E-state index in [1.807, 2.05) is 31.0 Å². The third-order valence-corrected chi connectivity index (χ3v) is 5.06. The molecule has 8 heteroatoms. The van der Waals surface area contributed by atoms with E-state index in [-0.39, 0.29) is 0 Å². The maximum atomic E-state index is 12.4. The van der Waals surface area contributed by atoms with Crippen LogP contribution in [-0.2, 0) is 6.54 Å². The molecule has 4 nitrogen and oxygen atoms in total. The number of alkyl halides is 2. The molecule has 0 saturated carbocycles. The van der Waals surface area contributed by atoms with Crippen molar-refractivity contribution in [2.24, 2.45) is 0 Å². The van der Waals surface area contributed by atoms with E-state index in [2.05, 4.69) is 5.32 Å². The number of nitrogens with one attached hydrogen (secondary N) is 1. The van der Waals surface area contributed by atoms with E-state index in [0.29, 0.717) is 39.8 Å². The number of ether oxygens (including phenoxy) is 2. The van der Waals surface area contributed by atoms with Gasteiger partial charge in [-0.1, -0.05) is 11.8 Å². The molecule has 0 radical (unpaired) electrons. The first-order valence-corrected chi connectivity index (χ1v) is 9.41. The summed E-state index contributed by atoms with van der Waals surface area (Å²) in [7, 11) is 5.09. The van der Waals surface area contributed by atoms with Gasteiger partial charge < -0.3 is 19.7 Å². The zero-order chi connectivity index (χ0) is 20.0. The summed E-state index contributed by atoms with van der Waals surface area (Å²) in [6.07, 6.45) is 0. The van der Waals surface area contributed by atoms with Crippen LogP contribution in [0.15, 0.2) is 41.3 Å². The minimum atomic E-state index is -2.43. The van der Waals surface area contributed by atoms with Crippen LogP contribution in [-0.4, -0.2) is 37.0 Å². The molecule has 0 spiro atoms. The largest absolute Gasteiger partial charge is 0.493 e. The SMILES string of the molecule is COc1cc(C)c(CN(C)C(=S)Nc2ccc(SC(F)F)cc2)cc1OC. The molecule has 0 unspecified atom stereocenters. The van der Waals surface area contributed by atoms with Crippen molar-refractivity contribution < 1.29 is 18.3 Å². The van der Waals surface area contributed by atoms with Crippen molar-refractivity contribution in [2.75, 3.05) is 26.6 Å². The van der Waals surface area contributed by atoms with Gasteiger partial charge in [-0.3, -0.25) is 0 Å². The highest BCUT2D eigenvalue weighted by Crippen LogP contribution is 2.31. The Hall–Kier alpha value is -2.06. The summed E-state index contributed by atoms with van der Waals surface area (Å²) < 4.78 is 35.4. The summed E-state index contributed by atoms with van der Waals surface area (Å²) in [4.78, 5) is 2.40. The lowest BCUT2D eigenvalue weighted by Gasteiger charge is -2.23. The van der Waals surface area contributed by atoms with Crippen LogP contribution >= 0.6 is 24.0 Å². The minimum Gasteiger partial charge on any atom is -0.493 e. The van der Waals surface area contributed by atoms with Crippen molar-refractivity contribution in [1.82, 2.24) is 4.90 Å². The highest BCUT2D eigenvalue weighted by Gasteiger charge is 2.12. The monoisotopic (exact) mass is 412 g/mol. The standard InChI is InChI=1S/C19H22F2N2O2S2/c1-12-9-16(24-3)17(25-4)10-13(12)11-23(2)19(26)22-14-5-7-15(8-6-14)27-18(20)21/h5-10,18H,11H2,1-4H3,(H,22,26). The second-order valence-electron chi connectivity index (χ2n) is 5.82. The van der Waals surface area contributed by atoms with Crippen molar-refractivity contribution in [3.63, 3.8) is 0 Å². The molecule has 146 valence electrons. The van der Waals surface area contributed by atoms with Crippen LogP contribution in [0, 0.1) is 6.92 Å². The van der Waals surface area contributed by atoms with Gasteiger partial charge >= 0.3 is 0 Å². The second kappa shape index (κ2) is 9.75. The van der Waals surface area contributed by atoms with Gasteiger partial charge in [0, 0.05) is 24.2 Å². The number of hydrogen-bond acceptors (Lipinski definition) is 4. The molecule has 0 fully saturated rings. The maximum Gasteiger partial charge on any atom is 0.288 e. The molecule has 0 saturated heterocycles. The van der Waals surface area contributed by atoms with Gasteiger partial charge in [0.15, 0.2) is 16.6 Å². The number of rotatable bonds is 7. The Bertz CT molecular complexity index is 786. The van der Waals surface area contributed by atoms with Crippen molar-refractivity contribution in [1.29, 1.82) is 0 Å². The van der Waals surface area contributed by atoms with E-state index in [1.54, 1.807) is 38.5 Å². The number of benzene rings is 2. The second-order valence-corrected chi connectivity index (χ2v) is 7.27. The number of hydrogen-bond donors (Lipinski definition) is 1. The van der Waals surface area contributed by atoms with E-state index >= 15 is 0 Å². The first-order chi connectivity index (χ1) is 12.8. The Morgan fingerprint density at radius 1 is 1.15 bits per heavy atom. The molecule has 2 aromatic carbocycles. The summed E-state index contributed by atoms with van der Waals surface area (Å²) in [5.41, 5.74) is 2.87. The zero-order valence-corrected chi connectivity index (χ0v) is 17.2. The number of thiocarbonyl (C=S) groups is 1. The molecular formula is C19H22F2N2O2S2. The molecular weight excluding hydrogens is 390 g/mol. The van der Waals surface area contributed by atoms with Crippen molar-refractivity contribution in [3.8, 4) is 11.5 Å². The summed E-state index contributed by atoms with van der Waals surface area (Å²) in [5, 5.41) is 3.64. The number of methoxy groups -OCH3 is 2. The van der Waals surface area contributed by atoms with Gasteiger partial charge in [0.05, 0.1) is 14.2 Å². The van der Waals surface area contributed by atoms with Crippen molar-refractivity contribution in [2.45, 2.75) is 24.1 Å². The first kappa shape index (κ1) is 21.2. The maximum absolute atomic E-state index is 12.4. The number of halogens is 2. The lowest BCUT2D eigenvalue weighted by atomic mass is 10.1. The third-order valence-electron chi connectivity index (χ3n) is 3.93. The molecule has 0 amide bonds. The lowest BCUT2D eigenvalue weighted by Crippen LogP contribution is -2.30. The van der Waals surface area contributed by atoms with E-state index in [9.17, 15) is 8.78 Å². The molecule has 0 aliphatic heterocycles. The average Bonchev–Trinajstić information content (AvgIpc) is 2.64. The fourth-order valence-corrected chi connectivity index (χ4v) is 3.14. The van der Waals surface area contributed by atoms with Gasteiger partial charge in [-0.2, -0.15) is 8.78 Å². The summed E-state index contributed by atoms with van der Waals surface area (Å²) >= 11 is 5.96. The molecule has 0 aliphatic carbocycles. The Morgan fingerprint density at radius 2 is 1.74 bits per heavy atom. The van der Waals surface area contributed by atoms with Gasteiger partial charge in [0.1, 0.15) is 0 Å². The van der Waals surface area contributed by atoms with Crippen LogP contribution < -0.4 is 14.8 Å². The highest BCUT2D eigenvalue weighted by atomic mass is 32.2. The van der Waals surface area contributed by atoms with E-state index in [0.717, 1.165) is 16.8 Å². The van der Waals surface area contributed by atoms with Crippen molar-refractivity contribution >= 4 is 34.8 Å². The molecule has 2 aromatic rings. The number of aryl methyl sites for hydroxylation is 1. The first-order valence-electron chi connectivity index (χ1n) is 8.12. The lowest BCUT2D eigenvalue weighted by molar-refractivity contribution is 0.252. The Balaban J connectivity index is 2.03. The average molecular weight is 413 g/mol. The van der Waals surface area contributed by atoms with Crippen LogP contribution in [0.5, 0.6) is 11.5 Å². The Labute approximate surface area is 167 Å². The van der Waals surface area contributed by atoms with Gasteiger partial charge in [-0.15, -0.1) is 0 Å². The molecule has 0 aromatic heterocycles. The summed E-state index contributed by atoms with van der Waals surface area (Å²) in [5.74, 6) is -1.08. The molecule has 1 N–H and O–H groups in total. The molecule has 2 rings (SSSR count). The number of anilines is 1. The quantitative estimate of drug-likeness (QED) is 0.500.